The normalized spacial score (nSPS) is 14.8. The van der Waals surface area contributed by atoms with Gasteiger partial charge in [0, 0.05) is 39.7 Å². The average Bonchev–Trinajstić information content (AvgIpc) is 3.30. The molecule has 0 aliphatic carbocycles. The number of nitro benzene ring substituents is 1. The third-order valence-corrected chi connectivity index (χ3v) is 7.94. The number of benzene rings is 4. The van der Waals surface area contributed by atoms with Crippen molar-refractivity contribution in [2.45, 2.75) is 16.6 Å². The van der Waals surface area contributed by atoms with E-state index in [2.05, 4.69) is 10.6 Å². The van der Waals surface area contributed by atoms with Gasteiger partial charge in [0.15, 0.2) is 0 Å². The van der Waals surface area contributed by atoms with Crippen LogP contribution in [0.4, 0.5) is 17.1 Å². The molecule has 4 aromatic rings. The Kier molecular flexibility index (Phi) is 9.17. The molecule has 1 unspecified atom stereocenters. The molecular weight excluding hydrogens is 604 g/mol. The summed E-state index contributed by atoms with van der Waals surface area (Å²) in [7, 11) is 0. The van der Waals surface area contributed by atoms with Crippen LogP contribution in [-0.2, 0) is 14.4 Å². The Labute approximate surface area is 260 Å². The largest absolute Gasteiger partial charge is 0.321 e. The Bertz CT molecular complexity index is 1780. The minimum Gasteiger partial charge on any atom is -0.321 e. The lowest BCUT2D eigenvalue weighted by Crippen LogP contribution is -2.31. The maximum absolute atomic E-state index is 13.3. The number of nitrogens with one attached hydrogen (secondary N) is 2. The van der Waals surface area contributed by atoms with Crippen LogP contribution in [0.1, 0.15) is 22.3 Å². The van der Waals surface area contributed by atoms with Gasteiger partial charge in [-0.1, -0.05) is 41.9 Å². The molecule has 1 aliphatic heterocycles. The van der Waals surface area contributed by atoms with Crippen LogP contribution in [0.2, 0.25) is 5.02 Å². The molecule has 5 rings (SSSR count). The van der Waals surface area contributed by atoms with Crippen LogP contribution in [0.15, 0.2) is 114 Å². The quantitative estimate of drug-likeness (QED) is 0.0993. The number of imide groups is 1. The van der Waals surface area contributed by atoms with Gasteiger partial charge < -0.3 is 10.6 Å². The smallest absolute Gasteiger partial charge is 0.272 e. The van der Waals surface area contributed by atoms with Gasteiger partial charge in [0.25, 0.3) is 17.5 Å². The zero-order valence-electron chi connectivity index (χ0n) is 22.8. The molecule has 0 aromatic heterocycles. The summed E-state index contributed by atoms with van der Waals surface area (Å²) in [6.45, 7) is 0. The molecule has 12 heteroatoms. The van der Waals surface area contributed by atoms with E-state index in [-0.39, 0.29) is 23.5 Å². The van der Waals surface area contributed by atoms with Crippen LogP contribution in [0.5, 0.6) is 0 Å². The van der Waals surface area contributed by atoms with E-state index in [1.54, 1.807) is 78.9 Å². The highest BCUT2D eigenvalue weighted by atomic mass is 35.5. The van der Waals surface area contributed by atoms with E-state index < -0.39 is 33.8 Å². The van der Waals surface area contributed by atoms with Crippen molar-refractivity contribution >= 4 is 70.1 Å². The number of carbonyl (C=O) groups excluding carboxylic acids is 4. The van der Waals surface area contributed by atoms with Crippen molar-refractivity contribution in [3.8, 4) is 0 Å². The molecule has 2 N–H and O–H groups in total. The number of halogens is 1. The van der Waals surface area contributed by atoms with Gasteiger partial charge in [-0.3, -0.25) is 29.3 Å². The minimum absolute atomic E-state index is 0.000900. The summed E-state index contributed by atoms with van der Waals surface area (Å²) in [5.74, 6) is -1.85. The third-order valence-electron chi connectivity index (χ3n) is 6.50. The number of amides is 4. The first-order valence-electron chi connectivity index (χ1n) is 13.2. The van der Waals surface area contributed by atoms with E-state index in [1.807, 2.05) is 0 Å². The molecule has 1 aliphatic rings. The van der Waals surface area contributed by atoms with Crippen LogP contribution in [0.3, 0.4) is 0 Å². The zero-order chi connectivity index (χ0) is 31.2. The molecule has 4 aromatic carbocycles. The Morgan fingerprint density at radius 1 is 0.932 bits per heavy atom. The maximum atomic E-state index is 13.3. The average molecular weight is 627 g/mol. The summed E-state index contributed by atoms with van der Waals surface area (Å²) in [4.78, 5) is 63.9. The maximum Gasteiger partial charge on any atom is 0.272 e. The first-order valence-corrected chi connectivity index (χ1v) is 14.5. The molecule has 44 heavy (non-hydrogen) atoms. The number of nitrogens with zero attached hydrogens (tertiary/aromatic N) is 2. The van der Waals surface area contributed by atoms with Gasteiger partial charge in [0.05, 0.1) is 15.9 Å². The number of nitro groups is 1. The van der Waals surface area contributed by atoms with Crippen molar-refractivity contribution in [3.63, 3.8) is 0 Å². The fourth-order valence-electron chi connectivity index (χ4n) is 4.38. The highest BCUT2D eigenvalue weighted by Crippen LogP contribution is 2.35. The van der Waals surface area contributed by atoms with Gasteiger partial charge in [0.1, 0.15) is 5.70 Å². The van der Waals surface area contributed by atoms with Crippen molar-refractivity contribution in [3.05, 3.63) is 135 Å². The Balaban J connectivity index is 1.27. The summed E-state index contributed by atoms with van der Waals surface area (Å²) in [5.41, 5.74) is 1.56. The summed E-state index contributed by atoms with van der Waals surface area (Å²) < 4.78 is 0. The molecule has 4 amide bonds. The van der Waals surface area contributed by atoms with Gasteiger partial charge in [-0.2, -0.15) is 0 Å². The molecule has 10 nitrogen and oxygen atoms in total. The predicted octanol–water partition coefficient (Wildman–Crippen LogP) is 6.08. The lowest BCUT2D eigenvalue weighted by molar-refractivity contribution is -0.384. The molecule has 0 saturated carbocycles. The van der Waals surface area contributed by atoms with E-state index in [9.17, 15) is 29.3 Å². The molecule has 1 fully saturated rings. The Hall–Kier alpha value is -5.26. The van der Waals surface area contributed by atoms with Crippen molar-refractivity contribution in [2.24, 2.45) is 0 Å². The molecule has 1 atom stereocenters. The number of carbonyl (C=O) groups is 4. The standard InChI is InChI=1S/C32H23ClN4O6S/c33-22-8-4-5-20(17-22)18-27(35-30(39)21-6-2-1-3-7-21)31(40)34-23-9-15-26(16-10-23)44-28-19-29(38)36(32(28)41)24-11-13-25(14-12-24)37(42)43/h1-18,28H,19H2,(H,34,40)(H,35,39)/b27-18-. The second kappa shape index (κ2) is 13.4. The van der Waals surface area contributed by atoms with Crippen LogP contribution >= 0.6 is 23.4 Å². The van der Waals surface area contributed by atoms with Crippen molar-refractivity contribution in [1.29, 1.82) is 0 Å². The second-order valence-corrected chi connectivity index (χ2v) is 11.3. The Morgan fingerprint density at radius 3 is 2.30 bits per heavy atom. The van der Waals surface area contributed by atoms with E-state index in [0.29, 0.717) is 26.7 Å². The highest BCUT2D eigenvalue weighted by molar-refractivity contribution is 8.00. The lowest BCUT2D eigenvalue weighted by Gasteiger charge is -2.15. The van der Waals surface area contributed by atoms with E-state index in [1.165, 1.54) is 42.1 Å². The number of hydrogen-bond acceptors (Lipinski definition) is 7. The number of thioether (sulfide) groups is 1. The summed E-state index contributed by atoms with van der Waals surface area (Å²) in [6.07, 6.45) is 1.49. The van der Waals surface area contributed by atoms with Crippen molar-refractivity contribution < 1.29 is 24.1 Å². The van der Waals surface area contributed by atoms with Gasteiger partial charge >= 0.3 is 0 Å². The number of anilines is 2. The minimum atomic E-state index is -0.682. The monoisotopic (exact) mass is 626 g/mol. The van der Waals surface area contributed by atoms with Crippen molar-refractivity contribution in [2.75, 3.05) is 10.2 Å². The van der Waals surface area contributed by atoms with Crippen LogP contribution in [0, 0.1) is 10.1 Å². The summed E-state index contributed by atoms with van der Waals surface area (Å²) in [5, 5.41) is 16.2. The van der Waals surface area contributed by atoms with Gasteiger partial charge in [-0.15, -0.1) is 11.8 Å². The van der Waals surface area contributed by atoms with Gasteiger partial charge in [-0.25, -0.2) is 4.90 Å². The molecule has 1 saturated heterocycles. The molecular formula is C32H23ClN4O6S. The predicted molar refractivity (Wildman–Crippen MR) is 168 cm³/mol. The summed E-state index contributed by atoms with van der Waals surface area (Å²) >= 11 is 7.30. The number of non-ortho nitro benzene ring substituents is 1. The molecule has 0 radical (unpaired) electrons. The van der Waals surface area contributed by atoms with Crippen molar-refractivity contribution in [1.82, 2.24) is 5.32 Å². The number of hydrogen-bond donors (Lipinski definition) is 2. The zero-order valence-corrected chi connectivity index (χ0v) is 24.4. The van der Waals surface area contributed by atoms with Crippen LogP contribution in [-0.4, -0.2) is 33.8 Å². The fourth-order valence-corrected chi connectivity index (χ4v) is 5.63. The second-order valence-electron chi connectivity index (χ2n) is 9.56. The number of rotatable bonds is 9. The highest BCUT2D eigenvalue weighted by Gasteiger charge is 2.40. The van der Waals surface area contributed by atoms with E-state index in [0.717, 1.165) is 4.90 Å². The van der Waals surface area contributed by atoms with Crippen LogP contribution in [0.25, 0.3) is 6.08 Å². The molecule has 1 heterocycles. The molecule has 0 bridgehead atoms. The summed E-state index contributed by atoms with van der Waals surface area (Å²) in [6, 6.07) is 27.2. The lowest BCUT2D eigenvalue weighted by atomic mass is 10.1. The third kappa shape index (κ3) is 7.20. The first kappa shape index (κ1) is 30.2. The van der Waals surface area contributed by atoms with Gasteiger partial charge in [-0.05, 0) is 72.3 Å². The van der Waals surface area contributed by atoms with E-state index in [4.69, 9.17) is 11.6 Å². The first-order chi connectivity index (χ1) is 21.2. The van der Waals surface area contributed by atoms with Gasteiger partial charge in [0.2, 0.25) is 11.8 Å². The SMILES string of the molecule is O=C(Nc1ccc(SC2CC(=O)N(c3ccc([N+](=O)[O-])cc3)C2=O)cc1)/C(=C/c1cccc(Cl)c1)NC(=O)c1ccccc1. The Morgan fingerprint density at radius 2 is 1.64 bits per heavy atom. The molecule has 0 spiro atoms. The topological polar surface area (TPSA) is 139 Å². The molecule has 220 valence electrons. The van der Waals surface area contributed by atoms with Crippen LogP contribution < -0.4 is 15.5 Å². The fraction of sp³-hybridized carbons (Fsp3) is 0.0625. The van der Waals surface area contributed by atoms with E-state index >= 15 is 0 Å².